The number of phenols is 2. The highest BCUT2D eigenvalue weighted by atomic mass is 16.5. The number of fused-ring (bicyclic) bond motifs is 1. The first-order valence-electron chi connectivity index (χ1n) is 8.73. The molecule has 0 fully saturated rings. The average Bonchev–Trinajstić information content (AvgIpc) is 3.03. The van der Waals surface area contributed by atoms with Gasteiger partial charge in [-0.15, -0.1) is 0 Å². The number of aromatic hydroxyl groups is 2. The zero-order chi connectivity index (χ0) is 18.5. The van der Waals surface area contributed by atoms with Crippen LogP contribution < -0.4 is 4.74 Å². The van der Waals surface area contributed by atoms with Gasteiger partial charge in [-0.1, -0.05) is 6.07 Å². The van der Waals surface area contributed by atoms with E-state index in [4.69, 9.17) is 4.74 Å². The lowest BCUT2D eigenvalue weighted by atomic mass is 10.0. The molecule has 0 amide bonds. The third-order valence-electron chi connectivity index (χ3n) is 4.59. The Morgan fingerprint density at radius 3 is 2.73 bits per heavy atom. The normalized spacial score (nSPS) is 11.0. The summed E-state index contributed by atoms with van der Waals surface area (Å²) in [5, 5.41) is 20.2. The molecule has 5 heteroatoms. The molecule has 0 spiro atoms. The summed E-state index contributed by atoms with van der Waals surface area (Å²) in [6, 6.07) is 10.4. The number of rotatable bonds is 8. The minimum Gasteiger partial charge on any atom is -0.508 e. The molecule has 3 aromatic rings. The summed E-state index contributed by atoms with van der Waals surface area (Å²) in [5.41, 5.74) is 3.08. The van der Waals surface area contributed by atoms with Crippen LogP contribution in [-0.2, 0) is 17.6 Å². The number of nitrogens with one attached hydrogen (secondary N) is 1. The second-order valence-corrected chi connectivity index (χ2v) is 6.44. The number of hydrogen-bond acceptors (Lipinski definition) is 4. The molecule has 1 heterocycles. The fraction of sp³-hybridized carbons (Fsp3) is 0.286. The number of aromatic nitrogens is 1. The monoisotopic (exact) mass is 353 g/mol. The van der Waals surface area contributed by atoms with Crippen LogP contribution in [-0.4, -0.2) is 28.1 Å². The van der Waals surface area contributed by atoms with E-state index in [0.29, 0.717) is 25.0 Å². The van der Waals surface area contributed by atoms with Crippen molar-refractivity contribution < 1.29 is 19.7 Å². The molecule has 136 valence electrons. The smallest absolute Gasteiger partial charge is 0.160 e. The van der Waals surface area contributed by atoms with E-state index in [0.717, 1.165) is 34.9 Å². The molecule has 0 atom stereocenters. The predicted octanol–water partition coefficient (Wildman–Crippen LogP) is 4.11. The van der Waals surface area contributed by atoms with Gasteiger partial charge in [0.1, 0.15) is 11.5 Å². The van der Waals surface area contributed by atoms with Gasteiger partial charge in [-0.3, -0.25) is 4.79 Å². The van der Waals surface area contributed by atoms with E-state index in [1.165, 1.54) is 7.11 Å². The number of Topliss-reactive ketones (excluding diaryl/α,β-unsaturated/α-hetero) is 1. The molecule has 2 aromatic carbocycles. The summed E-state index contributed by atoms with van der Waals surface area (Å²) in [4.78, 5) is 15.3. The van der Waals surface area contributed by atoms with Crippen molar-refractivity contribution in [3.05, 3.63) is 53.7 Å². The SMILES string of the molecule is COc1cc(CCC(=O)CCCc2c[nH]c3ccc(O)cc23)ccc1O. The van der Waals surface area contributed by atoms with Crippen LogP contribution in [0.5, 0.6) is 17.2 Å². The van der Waals surface area contributed by atoms with Crippen LogP contribution in [0.2, 0.25) is 0 Å². The number of benzene rings is 2. The standard InChI is InChI=1S/C21H23NO4/c1-26-21-11-14(6-10-20(21)25)5-7-16(23)4-2-3-15-13-22-19-9-8-17(24)12-18(15)19/h6,8-13,22,24-25H,2-5,7H2,1H3. The molecule has 0 saturated carbocycles. The minimum absolute atomic E-state index is 0.104. The van der Waals surface area contributed by atoms with E-state index in [1.807, 2.05) is 18.3 Å². The lowest BCUT2D eigenvalue weighted by molar-refractivity contribution is -0.119. The molecule has 26 heavy (non-hydrogen) atoms. The van der Waals surface area contributed by atoms with Gasteiger partial charge in [0.05, 0.1) is 7.11 Å². The second kappa shape index (κ2) is 7.95. The number of carbonyl (C=O) groups is 1. The number of methoxy groups -OCH3 is 1. The number of aromatic amines is 1. The number of ether oxygens (including phenoxy) is 1. The van der Waals surface area contributed by atoms with Crippen molar-refractivity contribution in [1.82, 2.24) is 4.98 Å². The Hall–Kier alpha value is -2.95. The third-order valence-corrected chi connectivity index (χ3v) is 4.59. The van der Waals surface area contributed by atoms with Crippen LogP contribution in [0.3, 0.4) is 0 Å². The number of aryl methyl sites for hydroxylation is 2. The van der Waals surface area contributed by atoms with E-state index in [2.05, 4.69) is 4.98 Å². The molecule has 5 nitrogen and oxygen atoms in total. The molecule has 0 radical (unpaired) electrons. The number of ketones is 1. The largest absolute Gasteiger partial charge is 0.508 e. The molecular weight excluding hydrogens is 330 g/mol. The van der Waals surface area contributed by atoms with Gasteiger partial charge in [0.25, 0.3) is 0 Å². The van der Waals surface area contributed by atoms with E-state index >= 15 is 0 Å². The molecule has 3 N–H and O–H groups in total. The van der Waals surface area contributed by atoms with Crippen molar-refractivity contribution in [2.45, 2.75) is 32.1 Å². The van der Waals surface area contributed by atoms with Gasteiger partial charge in [-0.05, 0) is 60.7 Å². The summed E-state index contributed by atoms with van der Waals surface area (Å²) in [6.45, 7) is 0. The van der Waals surface area contributed by atoms with Crippen molar-refractivity contribution in [2.24, 2.45) is 0 Å². The number of hydrogen-bond donors (Lipinski definition) is 3. The molecule has 1 aromatic heterocycles. The Kier molecular flexibility index (Phi) is 5.46. The van der Waals surface area contributed by atoms with Crippen LogP contribution in [0.4, 0.5) is 0 Å². The third kappa shape index (κ3) is 4.17. The van der Waals surface area contributed by atoms with Gasteiger partial charge in [0, 0.05) is 29.9 Å². The van der Waals surface area contributed by atoms with Gasteiger partial charge in [0.15, 0.2) is 11.5 Å². The molecule has 0 aliphatic carbocycles. The van der Waals surface area contributed by atoms with Crippen molar-refractivity contribution in [2.75, 3.05) is 7.11 Å². The number of phenolic OH excluding ortho intramolecular Hbond substituents is 2. The van der Waals surface area contributed by atoms with Crippen LogP contribution in [0.1, 0.15) is 30.4 Å². The van der Waals surface area contributed by atoms with Crippen LogP contribution in [0, 0.1) is 0 Å². The van der Waals surface area contributed by atoms with Crippen LogP contribution in [0.15, 0.2) is 42.6 Å². The summed E-state index contributed by atoms with van der Waals surface area (Å²) < 4.78 is 5.09. The Morgan fingerprint density at radius 1 is 1.08 bits per heavy atom. The molecule has 0 aliphatic rings. The van der Waals surface area contributed by atoms with Crippen LogP contribution >= 0.6 is 0 Å². The molecule has 0 saturated heterocycles. The molecule has 0 unspecified atom stereocenters. The first kappa shape index (κ1) is 17.9. The maximum absolute atomic E-state index is 12.2. The van der Waals surface area contributed by atoms with Crippen molar-refractivity contribution >= 4 is 16.7 Å². The lowest BCUT2D eigenvalue weighted by Gasteiger charge is -2.06. The highest BCUT2D eigenvalue weighted by Gasteiger charge is 2.08. The predicted molar refractivity (Wildman–Crippen MR) is 101 cm³/mol. The average molecular weight is 353 g/mol. The topological polar surface area (TPSA) is 82.6 Å². The van der Waals surface area contributed by atoms with Gasteiger partial charge in [0.2, 0.25) is 0 Å². The van der Waals surface area contributed by atoms with Gasteiger partial charge in [-0.25, -0.2) is 0 Å². The zero-order valence-electron chi connectivity index (χ0n) is 14.8. The quantitative estimate of drug-likeness (QED) is 0.569. The van der Waals surface area contributed by atoms with E-state index in [9.17, 15) is 15.0 Å². The van der Waals surface area contributed by atoms with Gasteiger partial charge in [-0.2, -0.15) is 0 Å². The molecular formula is C21H23NO4. The van der Waals surface area contributed by atoms with Crippen molar-refractivity contribution in [3.63, 3.8) is 0 Å². The lowest BCUT2D eigenvalue weighted by Crippen LogP contribution is -2.01. The summed E-state index contributed by atoms with van der Waals surface area (Å²) in [6.07, 6.45) is 5.15. The first-order chi connectivity index (χ1) is 12.6. The maximum Gasteiger partial charge on any atom is 0.160 e. The fourth-order valence-electron chi connectivity index (χ4n) is 3.14. The Labute approximate surface area is 152 Å². The number of carbonyl (C=O) groups excluding carboxylic acids is 1. The maximum atomic E-state index is 12.2. The summed E-state index contributed by atoms with van der Waals surface area (Å²) in [5.74, 6) is 1.00. The Bertz CT molecular complexity index is 914. The van der Waals surface area contributed by atoms with Crippen molar-refractivity contribution in [1.29, 1.82) is 0 Å². The van der Waals surface area contributed by atoms with E-state index < -0.39 is 0 Å². The second-order valence-electron chi connectivity index (χ2n) is 6.44. The minimum atomic E-state index is 0.104. The van der Waals surface area contributed by atoms with Gasteiger partial charge >= 0.3 is 0 Å². The fourth-order valence-corrected chi connectivity index (χ4v) is 3.14. The Balaban J connectivity index is 1.49. The van der Waals surface area contributed by atoms with Crippen LogP contribution in [0.25, 0.3) is 10.9 Å². The Morgan fingerprint density at radius 2 is 1.92 bits per heavy atom. The highest BCUT2D eigenvalue weighted by Crippen LogP contribution is 2.27. The highest BCUT2D eigenvalue weighted by molar-refractivity contribution is 5.84. The zero-order valence-corrected chi connectivity index (χ0v) is 14.8. The summed E-state index contributed by atoms with van der Waals surface area (Å²) in [7, 11) is 1.51. The van der Waals surface area contributed by atoms with Gasteiger partial charge < -0.3 is 19.9 Å². The molecule has 0 bridgehead atoms. The summed E-state index contributed by atoms with van der Waals surface area (Å²) >= 11 is 0. The first-order valence-corrected chi connectivity index (χ1v) is 8.73. The van der Waals surface area contributed by atoms with Crippen molar-refractivity contribution in [3.8, 4) is 17.2 Å². The van der Waals surface area contributed by atoms with E-state index in [1.54, 1.807) is 24.3 Å². The number of H-pyrrole nitrogens is 1. The van der Waals surface area contributed by atoms with E-state index in [-0.39, 0.29) is 17.3 Å². The molecule has 0 aliphatic heterocycles. The molecule has 3 rings (SSSR count).